The van der Waals surface area contributed by atoms with Crippen LogP contribution < -0.4 is 5.46 Å². The summed E-state index contributed by atoms with van der Waals surface area (Å²) in [6.07, 6.45) is 0. The maximum Gasteiger partial charge on any atom is 0.494 e. The monoisotopic (exact) mass is 318 g/mol. The minimum atomic E-state index is -0.302. The van der Waals surface area contributed by atoms with Gasteiger partial charge in [0, 0.05) is 19.6 Å². The van der Waals surface area contributed by atoms with Crippen LogP contribution in [0, 0.1) is 0 Å². The third-order valence-corrected chi connectivity index (χ3v) is 5.06. The zero-order valence-corrected chi connectivity index (χ0v) is 14.8. The number of rotatable bonds is 3. The van der Waals surface area contributed by atoms with Gasteiger partial charge in [0.2, 0.25) is 0 Å². The summed E-state index contributed by atoms with van der Waals surface area (Å²) >= 11 is 0. The van der Waals surface area contributed by atoms with Crippen LogP contribution in [-0.4, -0.2) is 55.2 Å². The Morgan fingerprint density at radius 1 is 1.00 bits per heavy atom. The van der Waals surface area contributed by atoms with Crippen molar-refractivity contribution in [2.45, 2.75) is 45.4 Å². The molecular weight excluding hydrogens is 291 g/mol. The van der Waals surface area contributed by atoms with Gasteiger partial charge in [0.25, 0.3) is 0 Å². The number of likely N-dealkylation sites (N-methyl/N-ethyl adjacent to an activating group) is 1. The second kappa shape index (κ2) is 6.18. The van der Waals surface area contributed by atoms with Crippen molar-refractivity contribution in [3.63, 3.8) is 0 Å². The third-order valence-electron chi connectivity index (χ3n) is 5.06. The highest BCUT2D eigenvalue weighted by Gasteiger charge is 2.51. The summed E-state index contributed by atoms with van der Waals surface area (Å²) in [4.78, 5) is 7.85. The maximum absolute atomic E-state index is 6.09. The Kier molecular flexibility index (Phi) is 4.55. The molecule has 0 N–H and O–H groups in total. The van der Waals surface area contributed by atoms with E-state index in [1.54, 1.807) is 0 Å². The lowest BCUT2D eigenvalue weighted by molar-refractivity contribution is -0.225. The molecule has 0 spiro atoms. The largest absolute Gasteiger partial charge is 0.494 e. The van der Waals surface area contributed by atoms with Crippen molar-refractivity contribution in [3.05, 3.63) is 29.8 Å². The van der Waals surface area contributed by atoms with E-state index in [0.717, 1.165) is 25.1 Å². The molecule has 2 heterocycles. The summed E-state index contributed by atoms with van der Waals surface area (Å²) in [7, 11) is 1.77. The summed E-state index contributed by atoms with van der Waals surface area (Å²) < 4.78 is 12.2. The lowest BCUT2D eigenvalue weighted by Crippen LogP contribution is -2.42. The summed E-state index contributed by atoms with van der Waals surface area (Å²) in [6.45, 7) is 11.7. The van der Waals surface area contributed by atoms with Crippen molar-refractivity contribution >= 4 is 12.6 Å². The third kappa shape index (κ3) is 3.62. The first-order valence-electron chi connectivity index (χ1n) is 8.28. The van der Waals surface area contributed by atoms with Crippen LogP contribution >= 0.6 is 0 Å². The zero-order valence-electron chi connectivity index (χ0n) is 14.8. The zero-order chi connectivity index (χ0) is 16.7. The lowest BCUT2D eigenvalue weighted by atomic mass is 9.79. The van der Waals surface area contributed by atoms with E-state index < -0.39 is 0 Å². The predicted molar refractivity (Wildman–Crippen MR) is 91.2 cm³/mol. The van der Waals surface area contributed by atoms with Crippen LogP contribution in [0.4, 0.5) is 0 Å². The van der Waals surface area contributed by atoms with Gasteiger partial charge >= 0.3 is 7.12 Å². The highest BCUT2D eigenvalue weighted by Crippen LogP contribution is 2.36. The molecule has 1 aromatic rings. The standard InChI is InChI=1S/C17H27BN2O3/c1-16(2)17(3,4)23-18(22-16)15-8-6-14(7-9-15)12-20-11-10-19(5)13-21-20/h6-9H,10-13H2,1-5H3. The van der Waals surface area contributed by atoms with Crippen molar-refractivity contribution in [2.24, 2.45) is 0 Å². The molecule has 126 valence electrons. The van der Waals surface area contributed by atoms with Crippen LogP contribution in [0.25, 0.3) is 0 Å². The van der Waals surface area contributed by atoms with E-state index >= 15 is 0 Å². The van der Waals surface area contributed by atoms with E-state index in [4.69, 9.17) is 14.1 Å². The van der Waals surface area contributed by atoms with Crippen LogP contribution in [0.3, 0.4) is 0 Å². The highest BCUT2D eigenvalue weighted by atomic mass is 16.7. The number of hydrogen-bond acceptors (Lipinski definition) is 5. The fourth-order valence-corrected chi connectivity index (χ4v) is 2.68. The number of hydrogen-bond donors (Lipinski definition) is 0. The topological polar surface area (TPSA) is 34.2 Å². The number of hydroxylamine groups is 2. The molecule has 0 saturated carbocycles. The van der Waals surface area contributed by atoms with Gasteiger partial charge < -0.3 is 9.31 Å². The molecule has 0 atom stereocenters. The van der Waals surface area contributed by atoms with Gasteiger partial charge in [-0.15, -0.1) is 0 Å². The highest BCUT2D eigenvalue weighted by molar-refractivity contribution is 6.62. The van der Waals surface area contributed by atoms with Gasteiger partial charge in [0.1, 0.15) is 6.73 Å². The molecular formula is C17H27BN2O3. The van der Waals surface area contributed by atoms with Crippen LogP contribution in [0.1, 0.15) is 33.3 Å². The lowest BCUT2D eigenvalue weighted by Gasteiger charge is -2.32. The van der Waals surface area contributed by atoms with Gasteiger partial charge in [-0.1, -0.05) is 24.3 Å². The van der Waals surface area contributed by atoms with E-state index in [1.807, 2.05) is 5.06 Å². The molecule has 0 aliphatic carbocycles. The van der Waals surface area contributed by atoms with Crippen molar-refractivity contribution in [1.29, 1.82) is 0 Å². The smallest absolute Gasteiger partial charge is 0.399 e. The molecule has 2 aliphatic heterocycles. The molecule has 2 saturated heterocycles. The minimum absolute atomic E-state index is 0.297. The van der Waals surface area contributed by atoms with Crippen molar-refractivity contribution in [1.82, 2.24) is 9.96 Å². The fourth-order valence-electron chi connectivity index (χ4n) is 2.68. The molecule has 0 bridgehead atoms. The van der Waals surface area contributed by atoms with E-state index in [9.17, 15) is 0 Å². The van der Waals surface area contributed by atoms with E-state index in [-0.39, 0.29) is 18.3 Å². The van der Waals surface area contributed by atoms with Gasteiger partial charge in [0.05, 0.1) is 11.2 Å². The summed E-state index contributed by atoms with van der Waals surface area (Å²) in [5, 5.41) is 2.02. The number of benzene rings is 1. The van der Waals surface area contributed by atoms with E-state index in [0.29, 0.717) is 6.73 Å². The fraction of sp³-hybridized carbons (Fsp3) is 0.647. The normalized spacial score (nSPS) is 25.0. The molecule has 2 fully saturated rings. The van der Waals surface area contributed by atoms with Crippen LogP contribution in [0.5, 0.6) is 0 Å². The van der Waals surface area contributed by atoms with Gasteiger partial charge in [-0.25, -0.2) is 0 Å². The molecule has 0 radical (unpaired) electrons. The molecule has 6 heteroatoms. The van der Waals surface area contributed by atoms with Crippen LogP contribution in [0.15, 0.2) is 24.3 Å². The summed E-state index contributed by atoms with van der Waals surface area (Å²) in [6, 6.07) is 8.44. The Balaban J connectivity index is 1.62. The van der Waals surface area contributed by atoms with Crippen molar-refractivity contribution in [3.8, 4) is 0 Å². The number of nitrogens with zero attached hydrogens (tertiary/aromatic N) is 2. The van der Waals surface area contributed by atoms with Crippen LogP contribution in [-0.2, 0) is 20.7 Å². The van der Waals surface area contributed by atoms with Crippen molar-refractivity contribution in [2.75, 3.05) is 26.9 Å². The Bertz CT molecular complexity index is 523. The Hall–Kier alpha value is -0.915. The van der Waals surface area contributed by atoms with Crippen molar-refractivity contribution < 1.29 is 14.1 Å². The first-order valence-corrected chi connectivity index (χ1v) is 8.28. The Morgan fingerprint density at radius 2 is 1.61 bits per heavy atom. The van der Waals surface area contributed by atoms with Gasteiger partial charge in [0.15, 0.2) is 0 Å². The Labute approximate surface area is 139 Å². The first kappa shape index (κ1) is 16.9. The van der Waals surface area contributed by atoms with E-state index in [1.165, 1.54) is 5.56 Å². The molecule has 23 heavy (non-hydrogen) atoms. The predicted octanol–water partition coefficient (Wildman–Crippen LogP) is 1.62. The molecule has 2 aliphatic rings. The molecule has 0 amide bonds. The summed E-state index contributed by atoms with van der Waals surface area (Å²) in [5.74, 6) is 0. The molecule has 0 unspecified atom stereocenters. The maximum atomic E-state index is 6.09. The first-order chi connectivity index (χ1) is 10.8. The van der Waals surface area contributed by atoms with Crippen LogP contribution in [0.2, 0.25) is 0 Å². The van der Waals surface area contributed by atoms with Gasteiger partial charge in [-0.05, 0) is 45.8 Å². The average molecular weight is 318 g/mol. The average Bonchev–Trinajstić information content (AvgIpc) is 2.71. The van der Waals surface area contributed by atoms with E-state index in [2.05, 4.69) is 63.9 Å². The molecule has 3 rings (SSSR count). The quantitative estimate of drug-likeness (QED) is 0.791. The van der Waals surface area contributed by atoms with Gasteiger partial charge in [-0.2, -0.15) is 5.06 Å². The molecule has 0 aromatic heterocycles. The minimum Gasteiger partial charge on any atom is -0.399 e. The SMILES string of the molecule is CN1CCN(Cc2ccc(B3OC(C)(C)C(C)(C)O3)cc2)OC1. The molecule has 1 aromatic carbocycles. The Morgan fingerprint density at radius 3 is 2.13 bits per heavy atom. The second-order valence-corrected chi connectivity index (χ2v) is 7.53. The van der Waals surface area contributed by atoms with Gasteiger partial charge in [-0.3, -0.25) is 9.74 Å². The second-order valence-electron chi connectivity index (χ2n) is 7.53. The summed E-state index contributed by atoms with van der Waals surface area (Å²) in [5.41, 5.74) is 1.69. The molecule has 5 nitrogen and oxygen atoms in total.